The van der Waals surface area contributed by atoms with Gasteiger partial charge in [0.2, 0.25) is 0 Å². The lowest BCUT2D eigenvalue weighted by Gasteiger charge is -2.20. The Balaban J connectivity index is 1.99. The van der Waals surface area contributed by atoms with E-state index in [0.29, 0.717) is 0 Å². The number of rotatable bonds is 1. The summed E-state index contributed by atoms with van der Waals surface area (Å²) < 4.78 is 0. The van der Waals surface area contributed by atoms with E-state index in [2.05, 4.69) is 15.6 Å². The Morgan fingerprint density at radius 2 is 2.50 bits per heavy atom. The van der Waals surface area contributed by atoms with E-state index in [9.17, 15) is 0 Å². The van der Waals surface area contributed by atoms with Gasteiger partial charge in [0.25, 0.3) is 0 Å². The molecule has 2 aliphatic heterocycles. The summed E-state index contributed by atoms with van der Waals surface area (Å²) in [6, 6.07) is 0. The van der Waals surface area contributed by atoms with Crippen molar-refractivity contribution in [3.05, 3.63) is 0 Å². The topological polar surface area (TPSA) is 36.9 Å². The first-order chi connectivity index (χ1) is 5.74. The van der Waals surface area contributed by atoms with Crippen molar-refractivity contribution < 1.29 is 4.84 Å². The third kappa shape index (κ3) is 1.21. The van der Waals surface area contributed by atoms with Crippen molar-refractivity contribution in [3.63, 3.8) is 0 Å². The SMILES string of the molecule is CNN1CCC2(CC(C)=NO2)C1. The van der Waals surface area contributed by atoms with E-state index in [1.807, 2.05) is 14.0 Å². The number of nitrogens with one attached hydrogen (secondary N) is 1. The van der Waals surface area contributed by atoms with Crippen LogP contribution in [0.1, 0.15) is 19.8 Å². The van der Waals surface area contributed by atoms with Gasteiger partial charge in [0.15, 0.2) is 5.60 Å². The van der Waals surface area contributed by atoms with Gasteiger partial charge in [0, 0.05) is 19.4 Å². The number of oxime groups is 1. The molecule has 68 valence electrons. The molecule has 2 rings (SSSR count). The zero-order valence-corrected chi connectivity index (χ0v) is 7.63. The highest BCUT2D eigenvalue weighted by molar-refractivity contribution is 5.83. The van der Waals surface area contributed by atoms with Crippen LogP contribution in [-0.2, 0) is 4.84 Å². The van der Waals surface area contributed by atoms with Crippen LogP contribution in [-0.4, -0.2) is 36.5 Å². The van der Waals surface area contributed by atoms with Crippen molar-refractivity contribution in [2.75, 3.05) is 20.1 Å². The fourth-order valence-electron chi connectivity index (χ4n) is 1.96. The number of hydrazine groups is 1. The lowest BCUT2D eigenvalue weighted by Crippen LogP contribution is -2.38. The molecule has 4 nitrogen and oxygen atoms in total. The Morgan fingerprint density at radius 3 is 3.00 bits per heavy atom. The van der Waals surface area contributed by atoms with Gasteiger partial charge in [-0.1, -0.05) is 5.16 Å². The Morgan fingerprint density at radius 1 is 1.67 bits per heavy atom. The third-order valence-corrected chi connectivity index (χ3v) is 2.61. The predicted octanol–water partition coefficient (Wildman–Crippen LogP) is 0.362. The third-order valence-electron chi connectivity index (χ3n) is 2.61. The highest BCUT2D eigenvalue weighted by Gasteiger charge is 2.43. The summed E-state index contributed by atoms with van der Waals surface area (Å²) in [7, 11) is 1.95. The number of hydrogen-bond donors (Lipinski definition) is 1. The van der Waals surface area contributed by atoms with E-state index in [-0.39, 0.29) is 5.60 Å². The molecule has 1 N–H and O–H groups in total. The van der Waals surface area contributed by atoms with Crippen molar-refractivity contribution >= 4 is 5.71 Å². The molecule has 12 heavy (non-hydrogen) atoms. The van der Waals surface area contributed by atoms with Crippen molar-refractivity contribution in [1.82, 2.24) is 10.4 Å². The zero-order valence-electron chi connectivity index (χ0n) is 7.63. The lowest BCUT2D eigenvalue weighted by molar-refractivity contribution is -0.0130. The molecule has 0 bridgehead atoms. The van der Waals surface area contributed by atoms with Crippen LogP contribution < -0.4 is 5.43 Å². The fraction of sp³-hybridized carbons (Fsp3) is 0.875. The van der Waals surface area contributed by atoms with Gasteiger partial charge < -0.3 is 4.84 Å². The molecule has 0 radical (unpaired) electrons. The second-order valence-corrected chi connectivity index (χ2v) is 3.67. The molecule has 0 amide bonds. The Bertz CT molecular complexity index is 216. The van der Waals surface area contributed by atoms with E-state index in [0.717, 1.165) is 31.6 Å². The van der Waals surface area contributed by atoms with E-state index in [4.69, 9.17) is 4.84 Å². The first-order valence-corrected chi connectivity index (χ1v) is 4.38. The van der Waals surface area contributed by atoms with Gasteiger partial charge in [-0.05, 0) is 14.0 Å². The molecule has 1 atom stereocenters. The smallest absolute Gasteiger partial charge is 0.158 e. The highest BCUT2D eigenvalue weighted by Crippen LogP contribution is 2.32. The fourth-order valence-corrected chi connectivity index (χ4v) is 1.96. The van der Waals surface area contributed by atoms with Crippen LogP contribution in [0.4, 0.5) is 0 Å². The van der Waals surface area contributed by atoms with Gasteiger partial charge in [0.05, 0.1) is 12.3 Å². The zero-order chi connectivity index (χ0) is 8.60. The van der Waals surface area contributed by atoms with Gasteiger partial charge in [-0.3, -0.25) is 5.43 Å². The molecule has 2 heterocycles. The van der Waals surface area contributed by atoms with Gasteiger partial charge in [-0.15, -0.1) is 0 Å². The molecule has 2 aliphatic rings. The minimum atomic E-state index is -0.00685. The maximum absolute atomic E-state index is 5.45. The van der Waals surface area contributed by atoms with Crippen LogP contribution in [0.3, 0.4) is 0 Å². The highest BCUT2D eigenvalue weighted by atomic mass is 16.7. The minimum Gasteiger partial charge on any atom is -0.387 e. The summed E-state index contributed by atoms with van der Waals surface area (Å²) in [5.41, 5.74) is 4.24. The molecular weight excluding hydrogens is 154 g/mol. The summed E-state index contributed by atoms with van der Waals surface area (Å²) in [6.45, 7) is 4.03. The standard InChI is InChI=1S/C8H15N3O/c1-7-5-8(12-10-7)3-4-11(6-8)9-2/h9H,3-6H2,1-2H3. The molecule has 0 saturated carbocycles. The number of nitrogens with zero attached hydrogens (tertiary/aromatic N) is 2. The summed E-state index contributed by atoms with van der Waals surface area (Å²) in [6.07, 6.45) is 2.07. The average Bonchev–Trinajstić information content (AvgIpc) is 2.61. The van der Waals surface area contributed by atoms with Crippen LogP contribution in [0.15, 0.2) is 5.16 Å². The summed E-state index contributed by atoms with van der Waals surface area (Å²) >= 11 is 0. The lowest BCUT2D eigenvalue weighted by atomic mass is 9.97. The first kappa shape index (κ1) is 8.01. The van der Waals surface area contributed by atoms with Crippen molar-refractivity contribution in [2.45, 2.75) is 25.4 Å². The van der Waals surface area contributed by atoms with E-state index >= 15 is 0 Å². The van der Waals surface area contributed by atoms with Gasteiger partial charge in [-0.2, -0.15) is 0 Å². The monoisotopic (exact) mass is 169 g/mol. The van der Waals surface area contributed by atoms with Crippen LogP contribution in [0.5, 0.6) is 0 Å². The average molecular weight is 169 g/mol. The van der Waals surface area contributed by atoms with Gasteiger partial charge in [-0.25, -0.2) is 5.01 Å². The normalized spacial score (nSPS) is 35.7. The summed E-state index contributed by atoms with van der Waals surface area (Å²) in [4.78, 5) is 5.45. The molecule has 0 aliphatic carbocycles. The first-order valence-electron chi connectivity index (χ1n) is 4.38. The maximum Gasteiger partial charge on any atom is 0.158 e. The summed E-state index contributed by atoms with van der Waals surface area (Å²) in [5, 5.41) is 6.18. The predicted molar refractivity (Wildman–Crippen MR) is 46.8 cm³/mol. The van der Waals surface area contributed by atoms with Crippen LogP contribution in [0.25, 0.3) is 0 Å². The molecule has 1 fully saturated rings. The molecule has 4 heteroatoms. The minimum absolute atomic E-state index is 0.00685. The Hall–Kier alpha value is -0.610. The van der Waals surface area contributed by atoms with Gasteiger partial charge >= 0.3 is 0 Å². The number of hydrogen-bond acceptors (Lipinski definition) is 4. The van der Waals surface area contributed by atoms with E-state index in [1.54, 1.807) is 0 Å². The van der Waals surface area contributed by atoms with Crippen LogP contribution in [0.2, 0.25) is 0 Å². The van der Waals surface area contributed by atoms with Crippen molar-refractivity contribution in [1.29, 1.82) is 0 Å². The van der Waals surface area contributed by atoms with Crippen LogP contribution in [0, 0.1) is 0 Å². The second-order valence-electron chi connectivity index (χ2n) is 3.67. The molecule has 1 spiro atoms. The largest absolute Gasteiger partial charge is 0.387 e. The second kappa shape index (κ2) is 2.71. The van der Waals surface area contributed by atoms with E-state index < -0.39 is 0 Å². The Labute approximate surface area is 72.5 Å². The molecule has 1 saturated heterocycles. The molecular formula is C8H15N3O. The Kier molecular flexibility index (Phi) is 1.81. The van der Waals surface area contributed by atoms with Crippen molar-refractivity contribution in [3.8, 4) is 0 Å². The quantitative estimate of drug-likeness (QED) is 0.616. The van der Waals surface area contributed by atoms with Crippen LogP contribution >= 0.6 is 0 Å². The molecule has 0 aromatic carbocycles. The van der Waals surface area contributed by atoms with E-state index in [1.165, 1.54) is 0 Å². The van der Waals surface area contributed by atoms with Crippen molar-refractivity contribution in [2.24, 2.45) is 5.16 Å². The molecule has 0 aromatic heterocycles. The van der Waals surface area contributed by atoms with Gasteiger partial charge in [0.1, 0.15) is 0 Å². The maximum atomic E-state index is 5.45. The summed E-state index contributed by atoms with van der Waals surface area (Å²) in [5.74, 6) is 0. The molecule has 0 aromatic rings. The molecule has 1 unspecified atom stereocenters.